The molecule has 2 N–H and O–H groups in total. The Morgan fingerprint density at radius 2 is 2.08 bits per heavy atom. The van der Waals surface area contributed by atoms with Gasteiger partial charge in [-0.2, -0.15) is 10.2 Å². The van der Waals surface area contributed by atoms with Gasteiger partial charge in [-0.15, -0.1) is 0 Å². The lowest BCUT2D eigenvalue weighted by Crippen LogP contribution is -2.17. The highest BCUT2D eigenvalue weighted by atomic mass is 35.5. The van der Waals surface area contributed by atoms with E-state index in [4.69, 9.17) is 17.3 Å². The van der Waals surface area contributed by atoms with E-state index >= 15 is 0 Å². The molecule has 9 heteroatoms. The number of carbonyl (C=O) groups excluding carboxylic acids is 1. The van der Waals surface area contributed by atoms with Crippen LogP contribution >= 0.6 is 11.6 Å². The molecule has 3 heterocycles. The number of aryl methyl sites for hydroxylation is 1. The van der Waals surface area contributed by atoms with Crippen LogP contribution in [0, 0.1) is 6.92 Å². The molecule has 0 aliphatic heterocycles. The Labute approximate surface area is 155 Å². The molecule has 4 rings (SSSR count). The van der Waals surface area contributed by atoms with Crippen LogP contribution in [0.25, 0.3) is 17.2 Å². The number of rotatable bonds is 4. The van der Waals surface area contributed by atoms with Crippen molar-refractivity contribution in [3.63, 3.8) is 0 Å². The normalized spacial score (nSPS) is 15.6. The number of nitrogens with two attached hydrogens (primary N) is 1. The lowest BCUT2D eigenvalue weighted by Gasteiger charge is -2.22. The number of primary amides is 1. The number of hydrogen-bond acceptors (Lipinski definition) is 5. The van der Waals surface area contributed by atoms with Crippen LogP contribution in [-0.4, -0.2) is 35.3 Å². The maximum absolute atomic E-state index is 11.3. The van der Waals surface area contributed by atoms with Crippen LogP contribution in [-0.2, 0) is 11.2 Å². The Bertz CT molecular complexity index is 971. The molecule has 0 unspecified atom stereocenters. The second-order valence-corrected chi connectivity index (χ2v) is 7.17. The minimum absolute atomic E-state index is 0.00489. The van der Waals surface area contributed by atoms with E-state index in [0.29, 0.717) is 28.0 Å². The Morgan fingerprint density at radius 1 is 1.31 bits per heavy atom. The second-order valence-electron chi connectivity index (χ2n) is 6.79. The van der Waals surface area contributed by atoms with Crippen molar-refractivity contribution in [2.45, 2.75) is 51.5 Å². The first-order valence-corrected chi connectivity index (χ1v) is 9.15. The average Bonchev–Trinajstić information content (AvgIpc) is 3.16. The highest BCUT2D eigenvalue weighted by molar-refractivity contribution is 6.35. The average molecular weight is 374 g/mol. The molecule has 1 aliphatic rings. The summed E-state index contributed by atoms with van der Waals surface area (Å²) in [6, 6.07) is 0.225. The van der Waals surface area contributed by atoms with Gasteiger partial charge in [0, 0.05) is 12.4 Å². The minimum atomic E-state index is -0.462. The Kier molecular flexibility index (Phi) is 4.36. The largest absolute Gasteiger partial charge is 0.369 e. The molecule has 136 valence electrons. The Hall–Kier alpha value is -2.48. The van der Waals surface area contributed by atoms with Crippen molar-refractivity contribution < 1.29 is 4.79 Å². The van der Waals surface area contributed by atoms with Gasteiger partial charge in [-0.3, -0.25) is 4.79 Å². The van der Waals surface area contributed by atoms with Gasteiger partial charge in [-0.1, -0.05) is 30.9 Å². The van der Waals surface area contributed by atoms with Gasteiger partial charge in [0.2, 0.25) is 5.91 Å². The van der Waals surface area contributed by atoms with Crippen LogP contribution in [0.1, 0.15) is 49.5 Å². The second kappa shape index (κ2) is 6.68. The number of carbonyl (C=O) groups is 1. The molecule has 1 fully saturated rings. The molecular weight excluding hydrogens is 354 g/mol. The van der Waals surface area contributed by atoms with Crippen molar-refractivity contribution >= 4 is 23.2 Å². The van der Waals surface area contributed by atoms with Gasteiger partial charge >= 0.3 is 0 Å². The molecule has 1 aliphatic carbocycles. The third-order valence-electron chi connectivity index (χ3n) is 4.69. The van der Waals surface area contributed by atoms with Gasteiger partial charge in [0.25, 0.3) is 0 Å². The number of nitrogens with zero attached hydrogens (tertiary/aromatic N) is 6. The molecule has 0 bridgehead atoms. The first kappa shape index (κ1) is 17.0. The number of halogens is 1. The van der Waals surface area contributed by atoms with E-state index in [1.165, 1.54) is 6.42 Å². The first-order chi connectivity index (χ1) is 12.5. The van der Waals surface area contributed by atoms with E-state index in [9.17, 15) is 4.79 Å². The standard InChI is InChI=1S/C17H20ClN7O/c1-10-8-20-16-14(18)15(23-24(16)9-10)17-21-13(7-12(19)26)22-25(17)11-5-3-2-4-6-11/h8-9,11H,2-7H2,1H3,(H2,19,26). The summed E-state index contributed by atoms with van der Waals surface area (Å²) in [5.74, 6) is 0.507. The predicted molar refractivity (Wildman–Crippen MR) is 96.8 cm³/mol. The molecule has 0 saturated heterocycles. The van der Waals surface area contributed by atoms with Crippen molar-refractivity contribution in [3.8, 4) is 11.5 Å². The summed E-state index contributed by atoms with van der Waals surface area (Å²) in [4.78, 5) is 20.2. The van der Waals surface area contributed by atoms with Crippen LogP contribution in [0.3, 0.4) is 0 Å². The maximum atomic E-state index is 11.3. The molecule has 0 spiro atoms. The minimum Gasteiger partial charge on any atom is -0.369 e. The molecule has 1 amide bonds. The van der Waals surface area contributed by atoms with Crippen molar-refractivity contribution in [2.24, 2.45) is 5.73 Å². The molecule has 1 saturated carbocycles. The summed E-state index contributed by atoms with van der Waals surface area (Å²) in [5, 5.41) is 9.56. The fourth-order valence-corrected chi connectivity index (χ4v) is 3.74. The van der Waals surface area contributed by atoms with Crippen LogP contribution in [0.4, 0.5) is 0 Å². The Balaban J connectivity index is 1.85. The van der Waals surface area contributed by atoms with Crippen LogP contribution in [0.15, 0.2) is 12.4 Å². The quantitative estimate of drug-likeness (QED) is 0.756. The summed E-state index contributed by atoms with van der Waals surface area (Å²) in [7, 11) is 0. The molecule has 0 radical (unpaired) electrons. The molecule has 0 atom stereocenters. The van der Waals surface area contributed by atoms with E-state index in [1.807, 2.05) is 17.8 Å². The van der Waals surface area contributed by atoms with E-state index in [0.717, 1.165) is 31.2 Å². The Morgan fingerprint density at radius 3 is 2.81 bits per heavy atom. The maximum Gasteiger partial charge on any atom is 0.225 e. The van der Waals surface area contributed by atoms with Crippen LogP contribution in [0.2, 0.25) is 5.02 Å². The summed E-state index contributed by atoms with van der Waals surface area (Å²) < 4.78 is 3.53. The first-order valence-electron chi connectivity index (χ1n) is 8.77. The third-order valence-corrected chi connectivity index (χ3v) is 5.03. The van der Waals surface area contributed by atoms with Gasteiger partial charge in [-0.25, -0.2) is 19.2 Å². The summed E-state index contributed by atoms with van der Waals surface area (Å²) in [6.45, 7) is 1.94. The lowest BCUT2D eigenvalue weighted by molar-refractivity contribution is -0.117. The van der Waals surface area contributed by atoms with Crippen molar-refractivity contribution in [3.05, 3.63) is 28.8 Å². The monoisotopic (exact) mass is 373 g/mol. The van der Waals surface area contributed by atoms with Gasteiger partial charge in [0.1, 0.15) is 5.02 Å². The lowest BCUT2D eigenvalue weighted by atomic mass is 9.95. The van der Waals surface area contributed by atoms with Crippen LogP contribution in [0.5, 0.6) is 0 Å². The molecule has 0 aromatic carbocycles. The zero-order chi connectivity index (χ0) is 18.3. The molecule has 3 aromatic rings. The summed E-state index contributed by atoms with van der Waals surface area (Å²) >= 11 is 6.55. The number of aromatic nitrogens is 6. The van der Waals surface area contributed by atoms with Crippen molar-refractivity contribution in [1.82, 2.24) is 29.4 Å². The van der Waals surface area contributed by atoms with Crippen LogP contribution < -0.4 is 5.73 Å². The molecule has 3 aromatic heterocycles. The fraction of sp³-hybridized carbons (Fsp3) is 0.471. The summed E-state index contributed by atoms with van der Waals surface area (Å²) in [6.07, 6.45) is 9.18. The molecule has 8 nitrogen and oxygen atoms in total. The fourth-order valence-electron chi connectivity index (χ4n) is 3.48. The van der Waals surface area contributed by atoms with Gasteiger partial charge in [0.05, 0.1) is 12.5 Å². The van der Waals surface area contributed by atoms with Gasteiger partial charge < -0.3 is 5.73 Å². The topological polar surface area (TPSA) is 104 Å². The van der Waals surface area contributed by atoms with Gasteiger partial charge in [-0.05, 0) is 25.3 Å². The number of amides is 1. The zero-order valence-corrected chi connectivity index (χ0v) is 15.3. The van der Waals surface area contributed by atoms with Crippen molar-refractivity contribution in [2.75, 3.05) is 0 Å². The zero-order valence-electron chi connectivity index (χ0n) is 14.5. The van der Waals surface area contributed by atoms with E-state index < -0.39 is 5.91 Å². The molecule has 26 heavy (non-hydrogen) atoms. The SMILES string of the molecule is Cc1cnc2c(Cl)c(-c3nc(CC(N)=O)nn3C3CCCCC3)nn2c1. The molecular formula is C17H20ClN7O. The van der Waals surface area contributed by atoms with Crippen molar-refractivity contribution in [1.29, 1.82) is 0 Å². The smallest absolute Gasteiger partial charge is 0.225 e. The van der Waals surface area contributed by atoms with E-state index in [1.54, 1.807) is 10.7 Å². The van der Waals surface area contributed by atoms with E-state index in [2.05, 4.69) is 20.2 Å². The summed E-state index contributed by atoms with van der Waals surface area (Å²) in [5.41, 5.74) is 7.40. The third kappa shape index (κ3) is 3.05. The van der Waals surface area contributed by atoms with E-state index in [-0.39, 0.29) is 12.5 Å². The number of fused-ring (bicyclic) bond motifs is 1. The highest BCUT2D eigenvalue weighted by Crippen LogP contribution is 2.34. The van der Waals surface area contributed by atoms with Gasteiger partial charge in [0.15, 0.2) is 23.0 Å². The highest BCUT2D eigenvalue weighted by Gasteiger charge is 2.26. The number of hydrogen-bond donors (Lipinski definition) is 1. The predicted octanol–water partition coefficient (Wildman–Crippen LogP) is 2.48.